The van der Waals surface area contributed by atoms with Crippen LogP contribution in [0.3, 0.4) is 0 Å². The number of carbonyl (C=O) groups excluding carboxylic acids is 1. The largest absolute Gasteiger partial charge is 0.342 e. The number of hydrogen-bond donors (Lipinski definition) is 1. The van der Waals surface area contributed by atoms with Crippen molar-refractivity contribution in [3.63, 3.8) is 0 Å². The van der Waals surface area contributed by atoms with Gasteiger partial charge in [-0.2, -0.15) is 0 Å². The minimum atomic E-state index is -0.387. The van der Waals surface area contributed by atoms with Crippen LogP contribution < -0.4 is 5.32 Å². The first-order chi connectivity index (χ1) is 10.1. The van der Waals surface area contributed by atoms with E-state index in [4.69, 9.17) is 0 Å². The predicted molar refractivity (Wildman–Crippen MR) is 78.3 cm³/mol. The van der Waals surface area contributed by atoms with Crippen LogP contribution in [-0.2, 0) is 13.0 Å². The van der Waals surface area contributed by atoms with Crippen LogP contribution in [0.15, 0.2) is 22.7 Å². The zero-order valence-corrected chi connectivity index (χ0v) is 13.0. The van der Waals surface area contributed by atoms with Crippen molar-refractivity contribution in [3.8, 4) is 0 Å². The second kappa shape index (κ2) is 5.55. The van der Waals surface area contributed by atoms with Gasteiger partial charge in [0.25, 0.3) is 5.91 Å². The van der Waals surface area contributed by atoms with Crippen molar-refractivity contribution >= 4 is 21.8 Å². The topological polar surface area (TPSA) is 59.8 Å². The van der Waals surface area contributed by atoms with Crippen LogP contribution in [0.2, 0.25) is 0 Å². The summed E-state index contributed by atoms with van der Waals surface area (Å²) in [5, 5.41) is 11.2. The Kier molecular flexibility index (Phi) is 3.75. The maximum Gasteiger partial charge on any atom is 0.253 e. The molecule has 1 aliphatic heterocycles. The van der Waals surface area contributed by atoms with Gasteiger partial charge in [-0.15, -0.1) is 10.2 Å². The normalized spacial score (nSPS) is 14.8. The summed E-state index contributed by atoms with van der Waals surface area (Å²) in [5.41, 5.74) is 0.393. The number of carbonyl (C=O) groups is 1. The zero-order valence-electron chi connectivity index (χ0n) is 11.4. The smallest absolute Gasteiger partial charge is 0.253 e. The molecule has 0 saturated heterocycles. The third-order valence-electron chi connectivity index (χ3n) is 3.55. The van der Waals surface area contributed by atoms with Gasteiger partial charge in [-0.25, -0.2) is 4.39 Å². The van der Waals surface area contributed by atoms with Gasteiger partial charge in [-0.05, 0) is 47.5 Å². The molecule has 1 aromatic heterocycles. The second-order valence-electron chi connectivity index (χ2n) is 5.05. The molecular formula is C14H14BrFN4O. The Labute approximate surface area is 129 Å². The Morgan fingerprint density at radius 1 is 1.48 bits per heavy atom. The van der Waals surface area contributed by atoms with Crippen LogP contribution in [0, 0.1) is 5.82 Å². The average Bonchev–Trinajstić information content (AvgIpc) is 3.00. The molecule has 21 heavy (non-hydrogen) atoms. The lowest BCUT2D eigenvalue weighted by atomic mass is 10.2. The summed E-state index contributed by atoms with van der Waals surface area (Å²) in [6, 6.07) is 3.73. The minimum Gasteiger partial charge on any atom is -0.342 e. The van der Waals surface area contributed by atoms with E-state index in [0.717, 1.165) is 31.0 Å². The summed E-state index contributed by atoms with van der Waals surface area (Å²) in [5.74, 6) is 1.06. The molecule has 1 N–H and O–H groups in total. The molecular weight excluding hydrogens is 339 g/mol. The molecule has 0 spiro atoms. The molecule has 110 valence electrons. The maximum absolute atomic E-state index is 13.1. The van der Waals surface area contributed by atoms with Gasteiger partial charge in [0.2, 0.25) is 0 Å². The molecule has 0 aliphatic carbocycles. The Hall–Kier alpha value is -1.76. The lowest BCUT2D eigenvalue weighted by molar-refractivity contribution is 0.0936. The lowest BCUT2D eigenvalue weighted by Crippen LogP contribution is -2.29. The molecule has 5 nitrogen and oxygen atoms in total. The molecule has 1 amide bonds. The van der Waals surface area contributed by atoms with Gasteiger partial charge in [0, 0.05) is 17.4 Å². The monoisotopic (exact) mass is 352 g/mol. The fourth-order valence-electron chi connectivity index (χ4n) is 2.51. The SMILES string of the molecule is CC(NC(=O)c1ccc(F)cc1Br)c1nnc2n1CCC2. The molecule has 0 bridgehead atoms. The van der Waals surface area contributed by atoms with Gasteiger partial charge in [-0.3, -0.25) is 4.79 Å². The molecule has 1 unspecified atom stereocenters. The molecule has 0 fully saturated rings. The molecule has 2 heterocycles. The van der Waals surface area contributed by atoms with E-state index >= 15 is 0 Å². The van der Waals surface area contributed by atoms with Gasteiger partial charge >= 0.3 is 0 Å². The van der Waals surface area contributed by atoms with Gasteiger partial charge < -0.3 is 9.88 Å². The summed E-state index contributed by atoms with van der Waals surface area (Å²) < 4.78 is 15.5. The van der Waals surface area contributed by atoms with E-state index in [2.05, 4.69) is 31.4 Å². The quantitative estimate of drug-likeness (QED) is 0.923. The third kappa shape index (κ3) is 2.70. The number of halogens is 2. The van der Waals surface area contributed by atoms with E-state index in [9.17, 15) is 9.18 Å². The molecule has 1 aromatic carbocycles. The zero-order chi connectivity index (χ0) is 15.0. The Morgan fingerprint density at radius 2 is 2.29 bits per heavy atom. The van der Waals surface area contributed by atoms with Crippen LogP contribution in [0.1, 0.15) is 41.4 Å². The molecule has 2 aromatic rings. The predicted octanol–water partition coefficient (Wildman–Crippen LogP) is 2.62. The first-order valence-electron chi connectivity index (χ1n) is 6.74. The molecule has 0 radical (unpaired) electrons. The highest BCUT2D eigenvalue weighted by Gasteiger charge is 2.23. The number of hydrogen-bond acceptors (Lipinski definition) is 3. The Balaban J connectivity index is 1.77. The first-order valence-corrected chi connectivity index (χ1v) is 7.53. The number of rotatable bonds is 3. The van der Waals surface area contributed by atoms with E-state index < -0.39 is 0 Å². The van der Waals surface area contributed by atoms with Crippen LogP contribution in [0.25, 0.3) is 0 Å². The van der Waals surface area contributed by atoms with Crippen molar-refractivity contribution in [1.29, 1.82) is 0 Å². The molecule has 3 rings (SSSR count). The standard InChI is InChI=1S/C14H14BrFN4O/c1-8(13-19-18-12-3-2-6-20(12)13)17-14(21)10-5-4-9(16)7-11(10)15/h4-5,7-8H,2-3,6H2,1H3,(H,17,21). The molecule has 0 saturated carbocycles. The molecule has 7 heteroatoms. The van der Waals surface area contributed by atoms with Gasteiger partial charge in [0.1, 0.15) is 11.6 Å². The molecule has 1 atom stereocenters. The Morgan fingerprint density at radius 3 is 3.05 bits per heavy atom. The van der Waals surface area contributed by atoms with Crippen molar-refractivity contribution < 1.29 is 9.18 Å². The number of aryl methyl sites for hydroxylation is 1. The summed E-state index contributed by atoms with van der Waals surface area (Å²) in [7, 11) is 0. The summed E-state index contributed by atoms with van der Waals surface area (Å²) in [4.78, 5) is 12.3. The number of nitrogens with one attached hydrogen (secondary N) is 1. The van der Waals surface area contributed by atoms with Gasteiger partial charge in [0.15, 0.2) is 5.82 Å². The number of aromatic nitrogens is 3. The van der Waals surface area contributed by atoms with E-state index in [0.29, 0.717) is 10.0 Å². The summed E-state index contributed by atoms with van der Waals surface area (Å²) >= 11 is 3.20. The van der Waals surface area contributed by atoms with Crippen LogP contribution in [-0.4, -0.2) is 20.7 Å². The molecule has 1 aliphatic rings. The number of amides is 1. The van der Waals surface area contributed by atoms with Crippen LogP contribution in [0.4, 0.5) is 4.39 Å². The van der Waals surface area contributed by atoms with Crippen LogP contribution in [0.5, 0.6) is 0 Å². The lowest BCUT2D eigenvalue weighted by Gasteiger charge is -2.14. The minimum absolute atomic E-state index is 0.256. The van der Waals surface area contributed by atoms with Crippen molar-refractivity contribution in [2.24, 2.45) is 0 Å². The van der Waals surface area contributed by atoms with Crippen molar-refractivity contribution in [2.75, 3.05) is 0 Å². The number of benzene rings is 1. The number of nitrogens with zero attached hydrogens (tertiary/aromatic N) is 3. The summed E-state index contributed by atoms with van der Waals surface area (Å²) in [6.45, 7) is 2.75. The highest BCUT2D eigenvalue weighted by Crippen LogP contribution is 2.21. The van der Waals surface area contributed by atoms with E-state index in [-0.39, 0.29) is 17.8 Å². The van der Waals surface area contributed by atoms with Gasteiger partial charge in [0.05, 0.1) is 11.6 Å². The van der Waals surface area contributed by atoms with E-state index in [1.165, 1.54) is 18.2 Å². The summed E-state index contributed by atoms with van der Waals surface area (Å²) in [6.07, 6.45) is 1.99. The second-order valence-corrected chi connectivity index (χ2v) is 5.90. The van der Waals surface area contributed by atoms with Crippen LogP contribution >= 0.6 is 15.9 Å². The Bertz CT molecular complexity index is 700. The number of fused-ring (bicyclic) bond motifs is 1. The van der Waals surface area contributed by atoms with E-state index in [1.54, 1.807) is 0 Å². The first kappa shape index (κ1) is 14.2. The van der Waals surface area contributed by atoms with E-state index in [1.807, 2.05) is 11.5 Å². The van der Waals surface area contributed by atoms with Gasteiger partial charge in [-0.1, -0.05) is 0 Å². The van der Waals surface area contributed by atoms with Crippen molar-refractivity contribution in [1.82, 2.24) is 20.1 Å². The van der Waals surface area contributed by atoms with Crippen molar-refractivity contribution in [2.45, 2.75) is 32.4 Å². The fourth-order valence-corrected chi connectivity index (χ4v) is 3.04. The fraction of sp³-hybridized carbons (Fsp3) is 0.357. The highest BCUT2D eigenvalue weighted by molar-refractivity contribution is 9.10. The highest BCUT2D eigenvalue weighted by atomic mass is 79.9. The van der Waals surface area contributed by atoms with Crippen molar-refractivity contribution in [3.05, 3.63) is 45.7 Å². The maximum atomic E-state index is 13.1. The third-order valence-corrected chi connectivity index (χ3v) is 4.20. The average molecular weight is 353 g/mol.